The summed E-state index contributed by atoms with van der Waals surface area (Å²) in [6.07, 6.45) is 6.90. The highest BCUT2D eigenvalue weighted by molar-refractivity contribution is 7.39. The molecule has 0 N–H and O–H groups in total. The molecule has 0 aromatic rings. The predicted octanol–water partition coefficient (Wildman–Crippen LogP) is 5.52. The Morgan fingerprint density at radius 1 is 1.00 bits per heavy atom. The Morgan fingerprint density at radius 2 is 1.50 bits per heavy atom. The molecule has 1 saturated heterocycles. The van der Waals surface area contributed by atoms with Crippen LogP contribution in [0.15, 0.2) is 0 Å². The number of unbranched alkanes of at least 4 members (excludes halogenated alkanes) is 2. The molecule has 1 nitrogen and oxygen atoms in total. The lowest BCUT2D eigenvalue weighted by atomic mass is 10.1. The Morgan fingerprint density at radius 3 is 1.89 bits per heavy atom. The van der Waals surface area contributed by atoms with Crippen molar-refractivity contribution < 1.29 is 4.43 Å². The van der Waals surface area contributed by atoms with E-state index in [4.69, 9.17) is 4.43 Å². The van der Waals surface area contributed by atoms with E-state index in [0.717, 1.165) is 0 Å². The predicted molar refractivity (Wildman–Crippen MR) is 87.3 cm³/mol. The zero-order valence-electron chi connectivity index (χ0n) is 13.6. The van der Waals surface area contributed by atoms with Crippen LogP contribution in [0.3, 0.4) is 0 Å². The molecule has 1 rings (SSSR count). The molecule has 0 aromatic heterocycles. The van der Waals surface area contributed by atoms with E-state index in [0.29, 0.717) is 0 Å². The first-order valence-electron chi connectivity index (χ1n) is 7.99. The number of hydrogen-bond acceptors (Lipinski definition) is 1. The molecule has 0 spiro atoms. The van der Waals surface area contributed by atoms with Crippen LogP contribution < -0.4 is 0 Å². The lowest BCUT2D eigenvalue weighted by Crippen LogP contribution is -2.67. The Labute approximate surface area is 117 Å². The number of hydrogen-bond donors (Lipinski definition) is 0. The summed E-state index contributed by atoms with van der Waals surface area (Å²) in [5, 5.41) is 0. The van der Waals surface area contributed by atoms with Crippen LogP contribution in [0.4, 0.5) is 0 Å². The van der Waals surface area contributed by atoms with Crippen LogP contribution in [-0.2, 0) is 4.43 Å². The molecule has 0 atom stereocenters. The molecule has 1 aliphatic heterocycles. The summed E-state index contributed by atoms with van der Waals surface area (Å²) >= 11 is 0. The second kappa shape index (κ2) is 6.23. The molecular weight excluding hydrogens is 252 g/mol. The molecule has 0 saturated carbocycles. The van der Waals surface area contributed by atoms with Gasteiger partial charge in [0.15, 0.2) is 7.83 Å². The largest absolute Gasteiger partial charge is 0.415 e. The topological polar surface area (TPSA) is 9.23 Å². The van der Waals surface area contributed by atoms with Gasteiger partial charge in [0.25, 0.3) is 0 Å². The van der Waals surface area contributed by atoms with Gasteiger partial charge in [-0.3, -0.25) is 0 Å². The van der Waals surface area contributed by atoms with Crippen LogP contribution in [0.1, 0.15) is 59.8 Å². The van der Waals surface area contributed by atoms with Gasteiger partial charge < -0.3 is 4.43 Å². The third-order valence-corrected chi connectivity index (χ3v) is 22.7. The van der Waals surface area contributed by atoms with Crippen LogP contribution in [0.25, 0.3) is 0 Å². The van der Waals surface area contributed by atoms with Crippen molar-refractivity contribution >= 4 is 15.4 Å². The molecule has 0 amide bonds. The Hall–Kier alpha value is 0.394. The maximum atomic E-state index is 6.67. The zero-order valence-corrected chi connectivity index (χ0v) is 15.6. The van der Waals surface area contributed by atoms with Gasteiger partial charge in [0.2, 0.25) is 0 Å². The van der Waals surface area contributed by atoms with Gasteiger partial charge in [-0.2, -0.15) is 0 Å². The van der Waals surface area contributed by atoms with Gasteiger partial charge in [0.05, 0.1) is 13.2 Å². The minimum absolute atomic E-state index is 0.157. The summed E-state index contributed by atoms with van der Waals surface area (Å²) in [5.74, 6) is 0. The van der Waals surface area contributed by atoms with Crippen molar-refractivity contribution in [2.75, 3.05) is 0 Å². The van der Waals surface area contributed by atoms with Gasteiger partial charge in [-0.15, -0.1) is 0 Å². The average molecular weight is 287 g/mol. The molecule has 0 radical (unpaired) electrons. The van der Waals surface area contributed by atoms with Gasteiger partial charge in [0.1, 0.15) is 0 Å². The Balaban J connectivity index is 2.86. The highest BCUT2D eigenvalue weighted by atomic mass is 29.3. The standard InChI is InChI=1S/C15H34OSi2/c1-7-9-12-18(13-10-8-2)14-11-15(3,4)16-17(18,5)6/h7-14H2,1-6H3. The van der Waals surface area contributed by atoms with Crippen molar-refractivity contribution in [2.45, 2.75) is 96.6 Å². The molecule has 18 heavy (non-hydrogen) atoms. The maximum absolute atomic E-state index is 6.67. The SMILES string of the molecule is CCCC[Si]1(CCCC)CCC(C)(C)O[Si]1(C)C. The molecule has 108 valence electrons. The summed E-state index contributed by atoms with van der Waals surface area (Å²) in [6, 6.07) is 4.62. The molecule has 0 aliphatic carbocycles. The van der Waals surface area contributed by atoms with Gasteiger partial charge in [-0.05, 0) is 33.4 Å². The van der Waals surface area contributed by atoms with Crippen molar-refractivity contribution in [2.24, 2.45) is 0 Å². The van der Waals surface area contributed by atoms with E-state index in [2.05, 4.69) is 40.8 Å². The average Bonchev–Trinajstić information content (AvgIpc) is 2.25. The maximum Gasteiger partial charge on any atom is 0.175 e. The highest BCUT2D eigenvalue weighted by Crippen LogP contribution is 2.44. The van der Waals surface area contributed by atoms with Gasteiger partial charge >= 0.3 is 0 Å². The van der Waals surface area contributed by atoms with E-state index in [-0.39, 0.29) is 5.60 Å². The van der Waals surface area contributed by atoms with Crippen LogP contribution >= 0.6 is 0 Å². The highest BCUT2D eigenvalue weighted by Gasteiger charge is 2.54. The fourth-order valence-corrected chi connectivity index (χ4v) is 19.4. The van der Waals surface area contributed by atoms with Crippen molar-refractivity contribution in [3.05, 3.63) is 0 Å². The van der Waals surface area contributed by atoms with Gasteiger partial charge in [0, 0.05) is 0 Å². The summed E-state index contributed by atoms with van der Waals surface area (Å²) < 4.78 is 6.67. The third kappa shape index (κ3) is 3.70. The van der Waals surface area contributed by atoms with Crippen LogP contribution in [0.2, 0.25) is 31.2 Å². The van der Waals surface area contributed by atoms with E-state index in [1.807, 2.05) is 0 Å². The van der Waals surface area contributed by atoms with Crippen molar-refractivity contribution in [1.29, 1.82) is 0 Å². The second-order valence-corrected chi connectivity index (χ2v) is 21.4. The van der Waals surface area contributed by atoms with E-state index in [1.54, 1.807) is 18.1 Å². The first kappa shape index (κ1) is 16.4. The lowest BCUT2D eigenvalue weighted by Gasteiger charge is -2.53. The first-order valence-corrected chi connectivity index (χ1v) is 14.5. The zero-order chi connectivity index (χ0) is 13.9. The second-order valence-electron chi connectivity index (χ2n) is 7.36. The van der Waals surface area contributed by atoms with Crippen LogP contribution in [0, 0.1) is 0 Å². The molecule has 0 aromatic carbocycles. The molecule has 0 unspecified atom stereocenters. The quantitative estimate of drug-likeness (QED) is 0.584. The molecule has 1 fully saturated rings. The molecule has 3 heteroatoms. The van der Waals surface area contributed by atoms with Crippen molar-refractivity contribution in [3.63, 3.8) is 0 Å². The normalized spacial score (nSPS) is 25.0. The third-order valence-electron chi connectivity index (χ3n) is 5.03. The van der Waals surface area contributed by atoms with E-state index >= 15 is 0 Å². The van der Waals surface area contributed by atoms with Crippen molar-refractivity contribution in [1.82, 2.24) is 0 Å². The summed E-state index contributed by atoms with van der Waals surface area (Å²) in [5.41, 5.74) is 0.157. The van der Waals surface area contributed by atoms with Crippen LogP contribution in [-0.4, -0.2) is 21.0 Å². The van der Waals surface area contributed by atoms with Crippen LogP contribution in [0.5, 0.6) is 0 Å². The minimum atomic E-state index is -1.44. The Kier molecular flexibility index (Phi) is 5.69. The van der Waals surface area contributed by atoms with E-state index in [1.165, 1.54) is 32.1 Å². The molecular formula is C15H34OSi2. The lowest BCUT2D eigenvalue weighted by molar-refractivity contribution is 0.0927. The van der Waals surface area contributed by atoms with E-state index < -0.39 is 15.4 Å². The van der Waals surface area contributed by atoms with Gasteiger partial charge in [-0.1, -0.05) is 57.7 Å². The Bertz CT molecular complexity index is 253. The van der Waals surface area contributed by atoms with Gasteiger partial charge in [-0.25, -0.2) is 0 Å². The molecule has 1 aliphatic rings. The number of rotatable bonds is 6. The smallest absolute Gasteiger partial charge is 0.175 e. The first-order chi connectivity index (χ1) is 8.29. The molecule has 0 bridgehead atoms. The minimum Gasteiger partial charge on any atom is -0.415 e. The fraction of sp³-hybridized carbons (Fsp3) is 1.00. The van der Waals surface area contributed by atoms with E-state index in [9.17, 15) is 0 Å². The fourth-order valence-electron chi connectivity index (χ4n) is 3.70. The summed E-state index contributed by atoms with van der Waals surface area (Å²) in [7, 11) is -2.57. The summed E-state index contributed by atoms with van der Waals surface area (Å²) in [4.78, 5) is 0. The summed E-state index contributed by atoms with van der Waals surface area (Å²) in [6.45, 7) is 14.4. The van der Waals surface area contributed by atoms with Crippen molar-refractivity contribution in [3.8, 4) is 0 Å². The monoisotopic (exact) mass is 286 g/mol. The molecule has 1 heterocycles.